The molecule has 1 amide bonds. The molecule has 2 N–H and O–H groups in total. The van der Waals surface area contributed by atoms with E-state index in [1.165, 1.54) is 4.90 Å². The van der Waals surface area contributed by atoms with Crippen LogP contribution in [0.3, 0.4) is 0 Å². The Balaban J connectivity index is 1.99. The molecule has 0 aliphatic carbocycles. The second-order valence-corrected chi connectivity index (χ2v) is 6.53. The summed E-state index contributed by atoms with van der Waals surface area (Å²) in [4.78, 5) is 13.4. The molecule has 25 heavy (non-hydrogen) atoms. The van der Waals surface area contributed by atoms with Gasteiger partial charge >= 0.3 is 0 Å². The predicted octanol–water partition coefficient (Wildman–Crippen LogP) is 3.22. The average molecular weight is 332 g/mol. The van der Waals surface area contributed by atoms with Crippen LogP contribution in [0.4, 0.5) is 0 Å². The summed E-state index contributed by atoms with van der Waals surface area (Å²) in [6.07, 6.45) is 0.997. The lowest BCUT2D eigenvalue weighted by molar-refractivity contribution is -0.126. The summed E-state index contributed by atoms with van der Waals surface area (Å²) >= 11 is 0. The van der Waals surface area contributed by atoms with E-state index in [1.54, 1.807) is 13.1 Å². The molecule has 5 nitrogen and oxygen atoms in total. The number of carbonyl (C=O) groups excluding carboxylic acids is 1. The van der Waals surface area contributed by atoms with Gasteiger partial charge in [-0.05, 0) is 48.2 Å². The van der Waals surface area contributed by atoms with Gasteiger partial charge in [-0.25, -0.2) is 0 Å². The van der Waals surface area contributed by atoms with Gasteiger partial charge in [0.1, 0.15) is 0 Å². The molecule has 3 rings (SSSR count). The summed E-state index contributed by atoms with van der Waals surface area (Å²) in [7, 11) is 1.62. The van der Waals surface area contributed by atoms with Gasteiger partial charge < -0.3 is 5.32 Å². The molecule has 2 aromatic rings. The van der Waals surface area contributed by atoms with Gasteiger partial charge in [-0.2, -0.15) is 5.26 Å². The number of nitrogens with one attached hydrogen (secondary N) is 2. The fraction of sp³-hybridized carbons (Fsp3) is 0.250. The first-order valence-electron chi connectivity index (χ1n) is 8.17. The summed E-state index contributed by atoms with van der Waals surface area (Å²) < 4.78 is 0. The number of carbonyl (C=O) groups is 1. The van der Waals surface area contributed by atoms with Gasteiger partial charge in [0.2, 0.25) is 5.91 Å². The Morgan fingerprint density at radius 1 is 1.20 bits per heavy atom. The monoisotopic (exact) mass is 332 g/mol. The largest absolute Gasteiger partial charge is 0.347 e. The van der Waals surface area contributed by atoms with Crippen LogP contribution < -0.4 is 5.32 Å². The van der Waals surface area contributed by atoms with Crippen molar-refractivity contribution in [2.45, 2.75) is 25.3 Å². The van der Waals surface area contributed by atoms with Gasteiger partial charge in [0.25, 0.3) is 0 Å². The fourth-order valence-corrected chi connectivity index (χ4v) is 3.08. The molecule has 0 saturated carbocycles. The van der Waals surface area contributed by atoms with E-state index in [2.05, 4.69) is 17.5 Å². The van der Waals surface area contributed by atoms with Crippen molar-refractivity contribution in [3.05, 3.63) is 59.7 Å². The van der Waals surface area contributed by atoms with Gasteiger partial charge in [0.05, 0.1) is 17.2 Å². The third-order valence-corrected chi connectivity index (χ3v) is 4.77. The van der Waals surface area contributed by atoms with Crippen LogP contribution in [0.15, 0.2) is 48.5 Å². The molecule has 0 aromatic heterocycles. The van der Waals surface area contributed by atoms with Crippen LogP contribution in [0.1, 0.15) is 30.9 Å². The minimum Gasteiger partial charge on any atom is -0.347 e. The normalized spacial score (nSPS) is 20.6. The van der Waals surface area contributed by atoms with Crippen LogP contribution in [0.25, 0.3) is 11.1 Å². The molecule has 1 aliphatic heterocycles. The topological polar surface area (TPSA) is 80.0 Å². The summed E-state index contributed by atoms with van der Waals surface area (Å²) in [6.45, 7) is 2.01. The molecule has 0 unspecified atom stereocenters. The Bertz CT molecular complexity index is 883. The predicted molar refractivity (Wildman–Crippen MR) is 96.8 cm³/mol. The Hall–Kier alpha value is -3.13. The number of hydrogen-bond acceptors (Lipinski definition) is 3. The van der Waals surface area contributed by atoms with Crippen LogP contribution in [-0.2, 0) is 10.3 Å². The van der Waals surface area contributed by atoms with Crippen molar-refractivity contribution in [1.82, 2.24) is 10.2 Å². The first-order chi connectivity index (χ1) is 11.9. The number of amides is 1. The van der Waals surface area contributed by atoms with Crippen LogP contribution in [-0.4, -0.2) is 23.8 Å². The van der Waals surface area contributed by atoms with E-state index in [4.69, 9.17) is 10.7 Å². The van der Waals surface area contributed by atoms with Crippen LogP contribution in [0, 0.1) is 16.7 Å². The maximum absolute atomic E-state index is 12.0. The second kappa shape index (κ2) is 6.40. The number of hydrogen-bond donors (Lipinski definition) is 2. The quantitative estimate of drug-likeness (QED) is 0.886. The molecular weight excluding hydrogens is 312 g/mol. The Labute approximate surface area is 147 Å². The van der Waals surface area contributed by atoms with E-state index in [0.29, 0.717) is 18.4 Å². The SMILES string of the molecule is CN1C(=N)N[C@](C)(c2cccc(-c3cccc(C#N)c3)c2)CCC1=O. The molecule has 1 saturated heterocycles. The zero-order chi connectivity index (χ0) is 18.0. The van der Waals surface area contributed by atoms with Crippen molar-refractivity contribution in [2.75, 3.05) is 7.05 Å². The first kappa shape index (κ1) is 16.7. The molecule has 1 aliphatic rings. The highest BCUT2D eigenvalue weighted by molar-refractivity contribution is 5.96. The molecule has 0 radical (unpaired) electrons. The molecule has 1 atom stereocenters. The van der Waals surface area contributed by atoms with Gasteiger partial charge in [-0.15, -0.1) is 0 Å². The highest BCUT2D eigenvalue weighted by Gasteiger charge is 2.34. The lowest BCUT2D eigenvalue weighted by Gasteiger charge is -2.31. The van der Waals surface area contributed by atoms with E-state index in [-0.39, 0.29) is 11.9 Å². The highest BCUT2D eigenvalue weighted by Crippen LogP contribution is 2.32. The third kappa shape index (κ3) is 3.24. The van der Waals surface area contributed by atoms with Crippen molar-refractivity contribution >= 4 is 11.9 Å². The number of nitriles is 1. The van der Waals surface area contributed by atoms with E-state index >= 15 is 0 Å². The fourth-order valence-electron chi connectivity index (χ4n) is 3.08. The van der Waals surface area contributed by atoms with E-state index < -0.39 is 5.54 Å². The average Bonchev–Trinajstić information content (AvgIpc) is 2.74. The number of benzene rings is 2. The Morgan fingerprint density at radius 3 is 2.60 bits per heavy atom. The summed E-state index contributed by atoms with van der Waals surface area (Å²) in [5.74, 6) is 0.0565. The molecular formula is C20H20N4O. The number of guanidine groups is 1. The maximum atomic E-state index is 12.0. The lowest BCUT2D eigenvalue weighted by atomic mass is 9.86. The van der Waals surface area contributed by atoms with E-state index in [0.717, 1.165) is 16.7 Å². The maximum Gasteiger partial charge on any atom is 0.229 e. The van der Waals surface area contributed by atoms with Crippen molar-refractivity contribution < 1.29 is 4.79 Å². The number of rotatable bonds is 2. The van der Waals surface area contributed by atoms with Gasteiger partial charge in [0, 0.05) is 13.5 Å². The molecule has 0 bridgehead atoms. The highest BCUT2D eigenvalue weighted by atomic mass is 16.2. The van der Waals surface area contributed by atoms with Gasteiger partial charge in [0.15, 0.2) is 5.96 Å². The first-order valence-corrected chi connectivity index (χ1v) is 8.17. The van der Waals surface area contributed by atoms with Crippen molar-refractivity contribution in [3.63, 3.8) is 0 Å². The Morgan fingerprint density at radius 2 is 1.88 bits per heavy atom. The van der Waals surface area contributed by atoms with Crippen LogP contribution >= 0.6 is 0 Å². The van der Waals surface area contributed by atoms with Gasteiger partial charge in [-0.3, -0.25) is 15.1 Å². The van der Waals surface area contributed by atoms with E-state index in [9.17, 15) is 4.79 Å². The van der Waals surface area contributed by atoms with Crippen molar-refractivity contribution in [2.24, 2.45) is 0 Å². The van der Waals surface area contributed by atoms with Crippen molar-refractivity contribution in [3.8, 4) is 17.2 Å². The summed E-state index contributed by atoms with van der Waals surface area (Å²) in [5.41, 5.74) is 3.12. The minimum absolute atomic E-state index is 0.0564. The molecule has 0 spiro atoms. The van der Waals surface area contributed by atoms with E-state index in [1.807, 2.05) is 43.3 Å². The lowest BCUT2D eigenvalue weighted by Crippen LogP contribution is -2.47. The zero-order valence-electron chi connectivity index (χ0n) is 14.3. The second-order valence-electron chi connectivity index (χ2n) is 6.53. The van der Waals surface area contributed by atoms with Gasteiger partial charge in [-0.1, -0.05) is 30.3 Å². The molecule has 1 fully saturated rings. The molecule has 1 heterocycles. The Kier molecular flexibility index (Phi) is 4.28. The summed E-state index contributed by atoms with van der Waals surface area (Å²) in [5, 5.41) is 20.4. The summed E-state index contributed by atoms with van der Waals surface area (Å²) in [6, 6.07) is 17.7. The third-order valence-electron chi connectivity index (χ3n) is 4.77. The smallest absolute Gasteiger partial charge is 0.229 e. The van der Waals surface area contributed by atoms with Crippen molar-refractivity contribution in [1.29, 1.82) is 10.7 Å². The van der Waals surface area contributed by atoms with Crippen LogP contribution in [0.5, 0.6) is 0 Å². The molecule has 126 valence electrons. The zero-order valence-corrected chi connectivity index (χ0v) is 14.3. The molecule has 2 aromatic carbocycles. The number of nitrogens with zero attached hydrogens (tertiary/aromatic N) is 2. The standard InChI is InChI=1S/C20H20N4O/c1-20(10-9-18(25)24(2)19(22)23-20)17-8-4-7-16(12-17)15-6-3-5-14(11-15)13-21/h3-8,11-12H,9-10H2,1-2H3,(H2,22,23)/t20-/m0/s1. The van der Waals surface area contributed by atoms with Crippen LogP contribution in [0.2, 0.25) is 0 Å². The molecule has 5 heteroatoms. The minimum atomic E-state index is -0.500.